The van der Waals surface area contributed by atoms with Gasteiger partial charge in [-0.1, -0.05) is 152 Å². The summed E-state index contributed by atoms with van der Waals surface area (Å²) in [6.07, 6.45) is 0. The lowest BCUT2D eigenvalue weighted by molar-refractivity contribution is 0.633. The van der Waals surface area contributed by atoms with E-state index < -0.39 is 0 Å². The van der Waals surface area contributed by atoms with E-state index in [1.165, 1.54) is 65.3 Å². The number of para-hydroxylation sites is 2. The average molecular weight is 687 g/mol. The van der Waals surface area contributed by atoms with Crippen molar-refractivity contribution < 1.29 is 8.83 Å². The summed E-state index contributed by atoms with van der Waals surface area (Å²) in [6, 6.07) is 65.8. The van der Waals surface area contributed by atoms with Gasteiger partial charge in [0.2, 0.25) is 0 Å². The van der Waals surface area contributed by atoms with Gasteiger partial charge in [0.05, 0.1) is 0 Å². The first kappa shape index (κ1) is 29.4. The molecule has 0 fully saturated rings. The Morgan fingerprint density at radius 1 is 0.278 bits per heavy atom. The van der Waals surface area contributed by atoms with Gasteiger partial charge in [-0.3, -0.25) is 0 Å². The molecule has 0 aliphatic rings. The van der Waals surface area contributed by atoms with Gasteiger partial charge in [0.1, 0.15) is 11.2 Å². The van der Waals surface area contributed by atoms with Gasteiger partial charge in [0, 0.05) is 21.5 Å². The van der Waals surface area contributed by atoms with Crippen molar-refractivity contribution in [3.05, 3.63) is 182 Å². The first-order chi connectivity index (χ1) is 26.8. The van der Waals surface area contributed by atoms with Gasteiger partial charge in [-0.25, -0.2) is 0 Å². The summed E-state index contributed by atoms with van der Waals surface area (Å²) in [5.74, 6) is 0. The topological polar surface area (TPSA) is 26.3 Å². The van der Waals surface area contributed by atoms with E-state index in [4.69, 9.17) is 8.83 Å². The maximum atomic E-state index is 6.54. The summed E-state index contributed by atoms with van der Waals surface area (Å²) in [5.41, 5.74) is 10.6. The molecule has 0 atom stereocenters. The molecule has 10 aromatic carbocycles. The molecule has 0 spiro atoms. The Balaban J connectivity index is 1.08. The highest BCUT2D eigenvalue weighted by molar-refractivity contribution is 6.25. The highest BCUT2D eigenvalue weighted by Gasteiger charge is 2.21. The van der Waals surface area contributed by atoms with Crippen molar-refractivity contribution in [2.24, 2.45) is 0 Å². The second-order valence-corrected chi connectivity index (χ2v) is 14.3. The molecular weight excluding hydrogens is 657 g/mol. The van der Waals surface area contributed by atoms with E-state index in [0.29, 0.717) is 0 Å². The van der Waals surface area contributed by atoms with E-state index in [-0.39, 0.29) is 0 Å². The van der Waals surface area contributed by atoms with E-state index >= 15 is 0 Å². The molecular formula is C52H30O2. The Hall–Kier alpha value is -7.16. The van der Waals surface area contributed by atoms with Crippen LogP contribution in [0, 0.1) is 0 Å². The predicted molar refractivity (Wildman–Crippen MR) is 227 cm³/mol. The van der Waals surface area contributed by atoms with Gasteiger partial charge in [0.15, 0.2) is 11.2 Å². The summed E-state index contributed by atoms with van der Waals surface area (Å²) in [6.45, 7) is 0. The van der Waals surface area contributed by atoms with Crippen LogP contribution in [0.5, 0.6) is 0 Å². The number of hydrogen-bond acceptors (Lipinski definition) is 2. The van der Waals surface area contributed by atoms with E-state index in [2.05, 4.69) is 158 Å². The minimum atomic E-state index is 0.793. The largest absolute Gasteiger partial charge is 0.452 e. The molecule has 12 aromatic rings. The standard InChI is InChI=1S/C52H30O2/c1-2-14-36-31(12-1)13-11-21-38(36)49-41-18-5-3-16-39(41)48(40-17-4-6-19-42(40)49)35-27-25-32-28-34(26-24-33(32)29-35)44-30-45-37-15-7-9-22-46(37)53-51(45)52-50(44)43-20-8-10-23-47(43)54-52/h1-30H. The fourth-order valence-electron chi connectivity index (χ4n) is 9.04. The molecule has 250 valence electrons. The van der Waals surface area contributed by atoms with E-state index in [1.807, 2.05) is 24.3 Å². The highest BCUT2D eigenvalue weighted by Crippen LogP contribution is 2.47. The summed E-state index contributed by atoms with van der Waals surface area (Å²) in [7, 11) is 0. The van der Waals surface area contributed by atoms with Gasteiger partial charge in [-0.05, 0) is 107 Å². The molecule has 0 radical (unpaired) electrons. The fraction of sp³-hybridized carbons (Fsp3) is 0. The van der Waals surface area contributed by atoms with Gasteiger partial charge >= 0.3 is 0 Å². The second kappa shape index (κ2) is 11.2. The van der Waals surface area contributed by atoms with Crippen LogP contribution in [0.3, 0.4) is 0 Å². The third-order valence-electron chi connectivity index (χ3n) is 11.4. The Bertz CT molecular complexity index is 3440. The zero-order valence-corrected chi connectivity index (χ0v) is 29.1. The molecule has 0 amide bonds. The van der Waals surface area contributed by atoms with Gasteiger partial charge in [-0.15, -0.1) is 0 Å². The monoisotopic (exact) mass is 686 g/mol. The number of rotatable bonds is 3. The molecule has 12 rings (SSSR count). The lowest BCUT2D eigenvalue weighted by Gasteiger charge is -2.19. The number of furan rings is 2. The van der Waals surface area contributed by atoms with Crippen molar-refractivity contribution in [1.29, 1.82) is 0 Å². The van der Waals surface area contributed by atoms with Crippen LogP contribution in [-0.4, -0.2) is 0 Å². The summed E-state index contributed by atoms with van der Waals surface area (Å²) in [4.78, 5) is 0. The Morgan fingerprint density at radius 2 is 0.796 bits per heavy atom. The average Bonchev–Trinajstić information content (AvgIpc) is 3.81. The van der Waals surface area contributed by atoms with E-state index in [9.17, 15) is 0 Å². The zero-order chi connectivity index (χ0) is 35.3. The Kier molecular flexibility index (Phi) is 6.09. The van der Waals surface area contributed by atoms with Crippen LogP contribution in [-0.2, 0) is 0 Å². The van der Waals surface area contributed by atoms with Gasteiger partial charge in [0.25, 0.3) is 0 Å². The van der Waals surface area contributed by atoms with Crippen LogP contribution in [0.4, 0.5) is 0 Å². The highest BCUT2D eigenvalue weighted by atomic mass is 16.4. The van der Waals surface area contributed by atoms with Crippen LogP contribution in [0.15, 0.2) is 191 Å². The lowest BCUT2D eigenvalue weighted by atomic mass is 9.84. The maximum Gasteiger partial charge on any atom is 0.179 e. The van der Waals surface area contributed by atoms with Crippen LogP contribution < -0.4 is 0 Å². The first-order valence-electron chi connectivity index (χ1n) is 18.5. The first-order valence-corrected chi connectivity index (χ1v) is 18.5. The van der Waals surface area contributed by atoms with Crippen LogP contribution in [0.1, 0.15) is 0 Å². The SMILES string of the molecule is c1ccc2c(-c3c4ccccc4c(-c4ccc5cc(-c6cc7c8ccccc8oc7c7oc8ccccc8c67)ccc5c4)c4ccccc34)cccc2c1. The van der Waals surface area contributed by atoms with Crippen molar-refractivity contribution in [3.63, 3.8) is 0 Å². The van der Waals surface area contributed by atoms with Crippen LogP contribution >= 0.6 is 0 Å². The molecule has 0 unspecified atom stereocenters. The summed E-state index contributed by atoms with van der Waals surface area (Å²) in [5, 5.41) is 14.3. The molecule has 0 aliphatic carbocycles. The molecule has 2 heteroatoms. The number of hydrogen-bond donors (Lipinski definition) is 0. The predicted octanol–water partition coefficient (Wildman–Crippen LogP) is 15.1. The minimum Gasteiger partial charge on any atom is -0.452 e. The van der Waals surface area contributed by atoms with Crippen molar-refractivity contribution in [2.45, 2.75) is 0 Å². The van der Waals surface area contributed by atoms with Crippen molar-refractivity contribution >= 4 is 87.0 Å². The fourth-order valence-corrected chi connectivity index (χ4v) is 9.04. The van der Waals surface area contributed by atoms with Crippen molar-refractivity contribution in [1.82, 2.24) is 0 Å². The third-order valence-corrected chi connectivity index (χ3v) is 11.4. The molecule has 0 aliphatic heterocycles. The van der Waals surface area contributed by atoms with Crippen molar-refractivity contribution in [3.8, 4) is 33.4 Å². The second-order valence-electron chi connectivity index (χ2n) is 14.3. The molecule has 54 heavy (non-hydrogen) atoms. The molecule has 0 bridgehead atoms. The Labute approximate surface area is 310 Å². The normalized spacial score (nSPS) is 12.1. The summed E-state index contributed by atoms with van der Waals surface area (Å²) >= 11 is 0. The van der Waals surface area contributed by atoms with Crippen molar-refractivity contribution in [2.75, 3.05) is 0 Å². The molecule has 0 saturated heterocycles. The van der Waals surface area contributed by atoms with Gasteiger partial charge in [-0.2, -0.15) is 0 Å². The minimum absolute atomic E-state index is 0.793. The van der Waals surface area contributed by atoms with Crippen LogP contribution in [0.2, 0.25) is 0 Å². The van der Waals surface area contributed by atoms with Gasteiger partial charge < -0.3 is 8.83 Å². The molecule has 0 N–H and O–H groups in total. The number of fused-ring (bicyclic) bond motifs is 11. The maximum absolute atomic E-state index is 6.54. The Morgan fingerprint density at radius 3 is 1.52 bits per heavy atom. The lowest BCUT2D eigenvalue weighted by Crippen LogP contribution is -1.91. The molecule has 2 nitrogen and oxygen atoms in total. The molecule has 0 saturated carbocycles. The smallest absolute Gasteiger partial charge is 0.179 e. The van der Waals surface area contributed by atoms with E-state index in [0.717, 1.165) is 55.0 Å². The third kappa shape index (κ3) is 4.17. The van der Waals surface area contributed by atoms with Crippen LogP contribution in [0.25, 0.3) is 120 Å². The summed E-state index contributed by atoms with van der Waals surface area (Å²) < 4.78 is 13.0. The quantitative estimate of drug-likeness (QED) is 0.173. The zero-order valence-electron chi connectivity index (χ0n) is 29.1. The van der Waals surface area contributed by atoms with E-state index in [1.54, 1.807) is 0 Å². The molecule has 2 heterocycles. The number of benzene rings is 10. The molecule has 2 aromatic heterocycles.